The molecule has 16 heavy (non-hydrogen) atoms. The van der Waals surface area contributed by atoms with Crippen molar-refractivity contribution in [3.05, 3.63) is 41.4 Å². The smallest absolute Gasteiger partial charge is 0.238 e. The van der Waals surface area contributed by atoms with Gasteiger partial charge in [-0.2, -0.15) is 0 Å². The third-order valence-corrected chi connectivity index (χ3v) is 3.01. The summed E-state index contributed by atoms with van der Waals surface area (Å²) >= 11 is 1.60. The molecule has 0 amide bonds. The van der Waals surface area contributed by atoms with Gasteiger partial charge >= 0.3 is 0 Å². The second kappa shape index (κ2) is 5.59. The lowest BCUT2D eigenvalue weighted by Gasteiger charge is -1.96. The van der Waals surface area contributed by atoms with Gasteiger partial charge in [-0.15, -0.1) is 11.3 Å². The molecule has 1 aromatic heterocycles. The quantitative estimate of drug-likeness (QED) is 0.746. The Hall–Kier alpha value is -1.44. The summed E-state index contributed by atoms with van der Waals surface area (Å²) in [6.45, 7) is 0. The zero-order valence-electron chi connectivity index (χ0n) is 8.28. The van der Waals surface area contributed by atoms with Crippen LogP contribution >= 0.6 is 11.3 Å². The van der Waals surface area contributed by atoms with Gasteiger partial charge in [0.25, 0.3) is 0 Å². The second-order valence-corrected chi connectivity index (χ2v) is 5.11. The van der Waals surface area contributed by atoms with Gasteiger partial charge in [-0.3, -0.25) is 4.98 Å². The monoisotopic (exact) mass is 257 g/mol. The highest BCUT2D eigenvalue weighted by Gasteiger charge is 2.04. The van der Waals surface area contributed by atoms with Crippen LogP contribution in [0, 0.1) is 0 Å². The van der Waals surface area contributed by atoms with Crippen LogP contribution in [0.5, 0.6) is 0 Å². The first-order valence-corrected chi connectivity index (χ1v) is 6.69. The predicted molar refractivity (Wildman–Crippen MR) is 64.3 cm³/mol. The van der Waals surface area contributed by atoms with Crippen LogP contribution in [0.25, 0.3) is 0 Å². The summed E-state index contributed by atoms with van der Waals surface area (Å²) in [6, 6.07) is 5.70. The van der Waals surface area contributed by atoms with E-state index in [4.69, 9.17) is 10.9 Å². The molecule has 4 N–H and O–H groups in total. The van der Waals surface area contributed by atoms with Gasteiger partial charge in [-0.25, -0.2) is 13.6 Å². The highest BCUT2D eigenvalue weighted by atomic mass is 32.2. The van der Waals surface area contributed by atoms with E-state index in [2.05, 4.69) is 4.98 Å². The van der Waals surface area contributed by atoms with E-state index in [0.29, 0.717) is 5.69 Å². The van der Waals surface area contributed by atoms with Crippen molar-refractivity contribution in [2.24, 2.45) is 5.14 Å². The summed E-state index contributed by atoms with van der Waals surface area (Å²) in [5.74, 6) is 0. The normalized spacial score (nSPS) is 10.3. The molecule has 0 fully saturated rings. The molecule has 0 aliphatic rings. The van der Waals surface area contributed by atoms with Crippen LogP contribution in [0.4, 0.5) is 5.69 Å². The number of primary sulfonamides is 1. The molecule has 5 nitrogen and oxygen atoms in total. The van der Waals surface area contributed by atoms with Crippen LogP contribution < -0.4 is 10.9 Å². The van der Waals surface area contributed by atoms with E-state index in [1.54, 1.807) is 23.0 Å². The highest BCUT2D eigenvalue weighted by Crippen LogP contribution is 2.08. The standard InChI is InChI=1S/C6H8N2O2S.C3H3NS/c7-5-1-3-6(4-2-5)11(8,9)10;1-2-5-3-4-1/h1-4H,7H2,(H2,8,9,10);1-3H. The molecule has 0 aliphatic heterocycles. The summed E-state index contributed by atoms with van der Waals surface area (Å²) in [4.78, 5) is 3.82. The van der Waals surface area contributed by atoms with Crippen molar-refractivity contribution in [3.63, 3.8) is 0 Å². The molecule has 0 radical (unpaired) electrons. The molecule has 2 aromatic rings. The van der Waals surface area contributed by atoms with E-state index in [9.17, 15) is 8.42 Å². The Labute approximate surface area is 97.8 Å². The Morgan fingerprint density at radius 1 is 1.19 bits per heavy atom. The van der Waals surface area contributed by atoms with Crippen molar-refractivity contribution in [3.8, 4) is 0 Å². The average Bonchev–Trinajstić information content (AvgIpc) is 2.74. The number of anilines is 1. The van der Waals surface area contributed by atoms with Gasteiger partial charge in [0, 0.05) is 17.3 Å². The summed E-state index contributed by atoms with van der Waals surface area (Å²) in [5, 5.41) is 6.77. The molecule has 1 heterocycles. The minimum absolute atomic E-state index is 0.0756. The largest absolute Gasteiger partial charge is 0.399 e. The van der Waals surface area contributed by atoms with Gasteiger partial charge in [-0.1, -0.05) is 0 Å². The topological polar surface area (TPSA) is 99.1 Å². The van der Waals surface area contributed by atoms with Gasteiger partial charge in [0.2, 0.25) is 10.0 Å². The summed E-state index contributed by atoms with van der Waals surface area (Å²) < 4.78 is 21.4. The fraction of sp³-hybridized carbons (Fsp3) is 0. The number of nitrogen functional groups attached to an aromatic ring is 1. The van der Waals surface area contributed by atoms with Crippen LogP contribution in [0.15, 0.2) is 46.2 Å². The molecule has 0 aliphatic carbocycles. The third kappa shape index (κ3) is 4.39. The molecular weight excluding hydrogens is 246 g/mol. The van der Waals surface area contributed by atoms with Crippen LogP contribution in [-0.2, 0) is 10.0 Å². The average molecular weight is 257 g/mol. The number of nitrogens with zero attached hydrogens (tertiary/aromatic N) is 1. The van der Waals surface area contributed by atoms with Crippen LogP contribution in [0.1, 0.15) is 0 Å². The maximum absolute atomic E-state index is 10.7. The number of thiazole rings is 1. The SMILES string of the molecule is Nc1ccc(S(N)(=O)=O)cc1.c1cscn1. The van der Waals surface area contributed by atoms with E-state index in [1.807, 2.05) is 5.38 Å². The Balaban J connectivity index is 0.000000212. The van der Waals surface area contributed by atoms with E-state index in [1.165, 1.54) is 24.3 Å². The van der Waals surface area contributed by atoms with Gasteiger partial charge in [0.05, 0.1) is 10.4 Å². The Kier molecular flexibility index (Phi) is 4.41. The number of sulfonamides is 1. The van der Waals surface area contributed by atoms with Crippen molar-refractivity contribution in [2.45, 2.75) is 4.90 Å². The summed E-state index contributed by atoms with van der Waals surface area (Å²) in [6.07, 6.45) is 1.77. The Morgan fingerprint density at radius 2 is 1.81 bits per heavy atom. The first-order chi connectivity index (χ1) is 7.50. The van der Waals surface area contributed by atoms with E-state index in [0.717, 1.165) is 0 Å². The molecule has 0 spiro atoms. The predicted octanol–water partition coefficient (Wildman–Crippen LogP) is 1.06. The zero-order chi connectivity index (χ0) is 12.0. The molecular formula is C9H11N3O2S2. The van der Waals surface area contributed by atoms with E-state index < -0.39 is 10.0 Å². The van der Waals surface area contributed by atoms with Crippen LogP contribution in [0.2, 0.25) is 0 Å². The van der Waals surface area contributed by atoms with Gasteiger partial charge in [0.15, 0.2) is 0 Å². The van der Waals surface area contributed by atoms with Crippen molar-refractivity contribution >= 4 is 27.0 Å². The zero-order valence-corrected chi connectivity index (χ0v) is 9.91. The molecule has 0 atom stereocenters. The Bertz CT molecular complexity index is 489. The lowest BCUT2D eigenvalue weighted by molar-refractivity contribution is 0.598. The number of aromatic nitrogens is 1. The lowest BCUT2D eigenvalue weighted by Crippen LogP contribution is -2.11. The Morgan fingerprint density at radius 3 is 2.12 bits per heavy atom. The van der Waals surface area contributed by atoms with Crippen molar-refractivity contribution < 1.29 is 8.42 Å². The molecule has 0 saturated carbocycles. The molecule has 0 saturated heterocycles. The molecule has 2 rings (SSSR count). The van der Waals surface area contributed by atoms with Gasteiger partial charge in [0.1, 0.15) is 0 Å². The second-order valence-electron chi connectivity index (χ2n) is 2.79. The molecule has 86 valence electrons. The number of benzene rings is 1. The lowest BCUT2D eigenvalue weighted by atomic mass is 10.3. The first-order valence-electron chi connectivity index (χ1n) is 4.20. The maximum atomic E-state index is 10.7. The van der Waals surface area contributed by atoms with Crippen molar-refractivity contribution in [1.29, 1.82) is 0 Å². The molecule has 0 unspecified atom stereocenters. The van der Waals surface area contributed by atoms with E-state index in [-0.39, 0.29) is 4.90 Å². The maximum Gasteiger partial charge on any atom is 0.238 e. The van der Waals surface area contributed by atoms with Crippen molar-refractivity contribution in [1.82, 2.24) is 4.98 Å². The minimum Gasteiger partial charge on any atom is -0.399 e. The third-order valence-electron chi connectivity index (χ3n) is 1.56. The number of rotatable bonds is 1. The minimum atomic E-state index is -3.58. The molecule has 7 heteroatoms. The fourth-order valence-corrected chi connectivity index (χ4v) is 1.70. The molecule has 1 aromatic carbocycles. The van der Waals surface area contributed by atoms with E-state index >= 15 is 0 Å². The van der Waals surface area contributed by atoms with Gasteiger partial charge < -0.3 is 5.73 Å². The molecule has 0 bridgehead atoms. The number of hydrogen-bond donors (Lipinski definition) is 2. The van der Waals surface area contributed by atoms with Crippen LogP contribution in [0.3, 0.4) is 0 Å². The van der Waals surface area contributed by atoms with Gasteiger partial charge in [-0.05, 0) is 24.3 Å². The van der Waals surface area contributed by atoms with Crippen LogP contribution in [-0.4, -0.2) is 13.4 Å². The highest BCUT2D eigenvalue weighted by molar-refractivity contribution is 7.89. The number of hydrogen-bond acceptors (Lipinski definition) is 5. The first kappa shape index (κ1) is 12.6. The summed E-state index contributed by atoms with van der Waals surface area (Å²) in [5.41, 5.74) is 7.64. The summed E-state index contributed by atoms with van der Waals surface area (Å²) in [7, 11) is -3.58. The fourth-order valence-electron chi connectivity index (χ4n) is 0.833. The van der Waals surface area contributed by atoms with Crippen molar-refractivity contribution in [2.75, 3.05) is 5.73 Å². The number of nitrogens with two attached hydrogens (primary N) is 2.